The van der Waals surface area contributed by atoms with Gasteiger partial charge in [0.2, 0.25) is 5.91 Å². The third-order valence-corrected chi connectivity index (χ3v) is 3.72. The molecule has 1 fully saturated rings. The van der Waals surface area contributed by atoms with Crippen LogP contribution in [0.2, 0.25) is 5.15 Å². The Morgan fingerprint density at radius 3 is 2.88 bits per heavy atom. The van der Waals surface area contributed by atoms with E-state index in [1.54, 1.807) is 18.3 Å². The lowest BCUT2D eigenvalue weighted by atomic mass is 9.66. The zero-order chi connectivity index (χ0) is 12.3. The number of hydrogen-bond acceptors (Lipinski definition) is 3. The van der Waals surface area contributed by atoms with Crippen molar-refractivity contribution in [3.8, 4) is 0 Å². The van der Waals surface area contributed by atoms with Crippen LogP contribution in [-0.2, 0) is 4.79 Å². The monoisotopic (exact) mass is 253 g/mol. The van der Waals surface area contributed by atoms with Gasteiger partial charge in [-0.3, -0.25) is 4.79 Å². The maximum absolute atomic E-state index is 11.9. The molecule has 5 heteroatoms. The van der Waals surface area contributed by atoms with Crippen LogP contribution in [0.3, 0.4) is 0 Å². The van der Waals surface area contributed by atoms with Crippen molar-refractivity contribution < 1.29 is 4.79 Å². The van der Waals surface area contributed by atoms with Crippen molar-refractivity contribution in [2.45, 2.75) is 25.7 Å². The van der Waals surface area contributed by atoms with Gasteiger partial charge in [0.05, 0.1) is 5.69 Å². The number of nitrogens with two attached hydrogens (primary N) is 1. The van der Waals surface area contributed by atoms with Crippen molar-refractivity contribution in [1.82, 2.24) is 4.98 Å². The summed E-state index contributed by atoms with van der Waals surface area (Å²) in [7, 11) is 0. The minimum absolute atomic E-state index is 0.0127. The van der Waals surface area contributed by atoms with Crippen LogP contribution in [0.25, 0.3) is 0 Å². The lowest BCUT2D eigenvalue weighted by Crippen LogP contribution is -2.40. The van der Waals surface area contributed by atoms with Crippen molar-refractivity contribution in [3.05, 3.63) is 23.5 Å². The van der Waals surface area contributed by atoms with Crippen LogP contribution in [0.5, 0.6) is 0 Å². The van der Waals surface area contributed by atoms with E-state index in [0.29, 0.717) is 23.8 Å². The van der Waals surface area contributed by atoms with Crippen LogP contribution in [0, 0.1) is 5.41 Å². The maximum Gasteiger partial charge on any atom is 0.225 e. The van der Waals surface area contributed by atoms with Crippen molar-refractivity contribution in [1.29, 1.82) is 0 Å². The number of hydrogen-bond donors (Lipinski definition) is 2. The van der Waals surface area contributed by atoms with Gasteiger partial charge in [-0.25, -0.2) is 4.98 Å². The summed E-state index contributed by atoms with van der Waals surface area (Å²) in [5.41, 5.74) is 6.30. The SMILES string of the molecule is NCC1(CC(=O)Nc2cccnc2Cl)CCC1. The van der Waals surface area contributed by atoms with E-state index in [0.717, 1.165) is 19.3 Å². The summed E-state index contributed by atoms with van der Waals surface area (Å²) < 4.78 is 0. The highest BCUT2D eigenvalue weighted by Crippen LogP contribution is 2.43. The van der Waals surface area contributed by atoms with Crippen LogP contribution in [-0.4, -0.2) is 17.4 Å². The molecule has 1 amide bonds. The van der Waals surface area contributed by atoms with Crippen LogP contribution in [0.4, 0.5) is 5.69 Å². The Hall–Kier alpha value is -1.13. The quantitative estimate of drug-likeness (QED) is 0.809. The molecule has 3 N–H and O–H groups in total. The number of anilines is 1. The number of carbonyl (C=O) groups excluding carboxylic acids is 1. The number of rotatable bonds is 4. The van der Waals surface area contributed by atoms with Gasteiger partial charge in [-0.1, -0.05) is 18.0 Å². The molecule has 92 valence electrons. The van der Waals surface area contributed by atoms with Crippen molar-refractivity contribution >= 4 is 23.2 Å². The van der Waals surface area contributed by atoms with Crippen LogP contribution in [0.1, 0.15) is 25.7 Å². The molecule has 0 saturated heterocycles. The first-order valence-electron chi connectivity index (χ1n) is 5.76. The van der Waals surface area contributed by atoms with Gasteiger partial charge in [0, 0.05) is 12.6 Å². The Bertz CT molecular complexity index is 412. The molecule has 1 heterocycles. The molecule has 1 aliphatic rings. The molecule has 1 saturated carbocycles. The molecule has 1 aliphatic carbocycles. The molecule has 0 atom stereocenters. The summed E-state index contributed by atoms with van der Waals surface area (Å²) >= 11 is 5.87. The standard InChI is InChI=1S/C12H16ClN3O/c13-11-9(3-1-6-15-11)16-10(17)7-12(8-14)4-2-5-12/h1,3,6H,2,4-5,7-8,14H2,(H,16,17). The van der Waals surface area contributed by atoms with Crippen LogP contribution in [0.15, 0.2) is 18.3 Å². The Balaban J connectivity index is 1.96. The van der Waals surface area contributed by atoms with Gasteiger partial charge >= 0.3 is 0 Å². The fourth-order valence-corrected chi connectivity index (χ4v) is 2.31. The normalized spacial score (nSPS) is 17.3. The zero-order valence-electron chi connectivity index (χ0n) is 9.58. The lowest BCUT2D eigenvalue weighted by Gasteiger charge is -2.40. The Labute approximate surface area is 106 Å². The van der Waals surface area contributed by atoms with Gasteiger partial charge in [-0.05, 0) is 36.9 Å². The second-order valence-electron chi connectivity index (χ2n) is 4.62. The van der Waals surface area contributed by atoms with Crippen molar-refractivity contribution in [3.63, 3.8) is 0 Å². The summed E-state index contributed by atoms with van der Waals surface area (Å²) in [6.45, 7) is 0.571. The number of halogens is 1. The number of pyridine rings is 1. The predicted molar refractivity (Wildman–Crippen MR) is 67.8 cm³/mol. The topological polar surface area (TPSA) is 68.0 Å². The van der Waals surface area contributed by atoms with E-state index in [1.165, 1.54) is 0 Å². The van der Waals surface area contributed by atoms with Crippen molar-refractivity contribution in [2.75, 3.05) is 11.9 Å². The van der Waals surface area contributed by atoms with E-state index in [1.807, 2.05) is 0 Å². The molecule has 0 aromatic carbocycles. The van der Waals surface area contributed by atoms with E-state index >= 15 is 0 Å². The lowest BCUT2D eigenvalue weighted by molar-refractivity contribution is -0.119. The Kier molecular flexibility index (Phi) is 3.64. The molecule has 0 aliphatic heterocycles. The van der Waals surface area contributed by atoms with Gasteiger partial charge in [-0.15, -0.1) is 0 Å². The molecule has 0 unspecified atom stereocenters. The molecule has 1 aromatic heterocycles. The van der Waals surface area contributed by atoms with Gasteiger partial charge in [0.15, 0.2) is 5.15 Å². The Morgan fingerprint density at radius 1 is 1.59 bits per heavy atom. The second kappa shape index (κ2) is 5.02. The fourth-order valence-electron chi connectivity index (χ4n) is 2.14. The Morgan fingerprint density at radius 2 is 2.35 bits per heavy atom. The fraction of sp³-hybridized carbons (Fsp3) is 0.500. The van der Waals surface area contributed by atoms with E-state index in [9.17, 15) is 4.79 Å². The number of amides is 1. The number of carbonyl (C=O) groups is 1. The third kappa shape index (κ3) is 2.76. The highest BCUT2D eigenvalue weighted by atomic mass is 35.5. The molecular weight excluding hydrogens is 238 g/mol. The molecule has 17 heavy (non-hydrogen) atoms. The average molecular weight is 254 g/mol. The molecule has 0 bridgehead atoms. The van der Waals surface area contributed by atoms with Crippen molar-refractivity contribution in [2.24, 2.45) is 11.1 Å². The van der Waals surface area contributed by atoms with Crippen LogP contribution < -0.4 is 11.1 Å². The summed E-state index contributed by atoms with van der Waals surface area (Å²) in [5, 5.41) is 3.10. The van der Waals surface area contributed by atoms with Crippen LogP contribution >= 0.6 is 11.6 Å². The van der Waals surface area contributed by atoms with Gasteiger partial charge in [0.1, 0.15) is 0 Å². The number of aromatic nitrogens is 1. The molecular formula is C12H16ClN3O. The molecule has 0 radical (unpaired) electrons. The van der Waals surface area contributed by atoms with Gasteiger partial charge in [0.25, 0.3) is 0 Å². The molecule has 2 rings (SSSR count). The largest absolute Gasteiger partial charge is 0.330 e. The first-order chi connectivity index (χ1) is 8.15. The number of nitrogens with zero attached hydrogens (tertiary/aromatic N) is 1. The van der Waals surface area contributed by atoms with E-state index in [-0.39, 0.29) is 11.3 Å². The summed E-state index contributed by atoms with van der Waals surface area (Å²) in [4.78, 5) is 15.8. The predicted octanol–water partition coefficient (Wildman–Crippen LogP) is 2.19. The zero-order valence-corrected chi connectivity index (χ0v) is 10.3. The summed E-state index contributed by atoms with van der Waals surface area (Å²) in [6.07, 6.45) is 5.30. The smallest absolute Gasteiger partial charge is 0.225 e. The maximum atomic E-state index is 11.9. The highest BCUT2D eigenvalue weighted by Gasteiger charge is 2.37. The summed E-state index contributed by atoms with van der Waals surface area (Å²) in [6, 6.07) is 3.48. The average Bonchev–Trinajstić information content (AvgIpc) is 2.27. The molecule has 1 aromatic rings. The number of nitrogens with one attached hydrogen (secondary N) is 1. The highest BCUT2D eigenvalue weighted by molar-refractivity contribution is 6.32. The molecule has 0 spiro atoms. The van der Waals surface area contributed by atoms with Gasteiger partial charge in [-0.2, -0.15) is 0 Å². The molecule has 4 nitrogen and oxygen atoms in total. The van der Waals surface area contributed by atoms with E-state index in [2.05, 4.69) is 10.3 Å². The summed E-state index contributed by atoms with van der Waals surface area (Å²) in [5.74, 6) is -0.0370. The second-order valence-corrected chi connectivity index (χ2v) is 4.98. The van der Waals surface area contributed by atoms with E-state index in [4.69, 9.17) is 17.3 Å². The first-order valence-corrected chi connectivity index (χ1v) is 6.13. The third-order valence-electron chi connectivity index (χ3n) is 3.42. The minimum atomic E-state index is -0.0370. The van der Waals surface area contributed by atoms with E-state index < -0.39 is 0 Å². The minimum Gasteiger partial charge on any atom is -0.330 e. The van der Waals surface area contributed by atoms with Gasteiger partial charge < -0.3 is 11.1 Å². The first kappa shape index (κ1) is 12.3.